The number of rotatable bonds is 13. The SMILES string of the molecule is CCC(C)(C)CC(C)(C)NCN(CO)CCCN(CO)CO. The van der Waals surface area contributed by atoms with E-state index in [9.17, 15) is 5.11 Å². The van der Waals surface area contributed by atoms with Gasteiger partial charge in [0.1, 0.15) is 0 Å². The van der Waals surface area contributed by atoms with Gasteiger partial charge in [0.05, 0.1) is 26.9 Å². The number of hydrogen-bond acceptors (Lipinski definition) is 6. The highest BCUT2D eigenvalue weighted by Gasteiger charge is 2.27. The zero-order chi connectivity index (χ0) is 17.2. The van der Waals surface area contributed by atoms with Crippen molar-refractivity contribution in [2.75, 3.05) is 40.0 Å². The zero-order valence-corrected chi connectivity index (χ0v) is 15.1. The van der Waals surface area contributed by atoms with E-state index in [0.717, 1.165) is 19.3 Å². The van der Waals surface area contributed by atoms with E-state index in [1.54, 1.807) is 0 Å². The van der Waals surface area contributed by atoms with Crippen molar-refractivity contribution in [1.82, 2.24) is 15.1 Å². The quantitative estimate of drug-likeness (QED) is 0.379. The lowest BCUT2D eigenvalue weighted by Crippen LogP contribution is -2.48. The minimum absolute atomic E-state index is 0.00149. The Labute approximate surface area is 136 Å². The van der Waals surface area contributed by atoms with E-state index in [2.05, 4.69) is 39.9 Å². The Hall–Kier alpha value is -0.240. The van der Waals surface area contributed by atoms with Crippen molar-refractivity contribution in [2.45, 2.75) is 59.4 Å². The second-order valence-electron chi connectivity index (χ2n) is 7.48. The maximum Gasteiger partial charge on any atom is 0.0974 e. The fraction of sp³-hybridized carbons (Fsp3) is 1.00. The predicted octanol–water partition coefficient (Wildman–Crippen LogP) is 0.982. The van der Waals surface area contributed by atoms with Gasteiger partial charge < -0.3 is 15.3 Å². The summed E-state index contributed by atoms with van der Waals surface area (Å²) in [4.78, 5) is 3.46. The van der Waals surface area contributed by atoms with Gasteiger partial charge in [-0.15, -0.1) is 0 Å². The monoisotopic (exact) mass is 319 g/mol. The summed E-state index contributed by atoms with van der Waals surface area (Å²) in [5.41, 5.74) is 0.304. The van der Waals surface area contributed by atoms with Crippen LogP contribution in [0.4, 0.5) is 0 Å². The third-order valence-electron chi connectivity index (χ3n) is 4.21. The van der Waals surface area contributed by atoms with E-state index in [1.807, 2.05) is 4.90 Å². The highest BCUT2D eigenvalue weighted by molar-refractivity contribution is 4.84. The second kappa shape index (κ2) is 10.5. The van der Waals surface area contributed by atoms with Crippen LogP contribution in [0.2, 0.25) is 0 Å². The normalized spacial score (nSPS) is 13.4. The van der Waals surface area contributed by atoms with Gasteiger partial charge in [0.15, 0.2) is 0 Å². The summed E-state index contributed by atoms with van der Waals surface area (Å²) < 4.78 is 0. The molecule has 0 heterocycles. The molecule has 22 heavy (non-hydrogen) atoms. The fourth-order valence-electron chi connectivity index (χ4n) is 2.61. The van der Waals surface area contributed by atoms with Crippen molar-refractivity contribution in [3.8, 4) is 0 Å². The lowest BCUT2D eigenvalue weighted by atomic mass is 9.78. The van der Waals surface area contributed by atoms with Gasteiger partial charge in [0.2, 0.25) is 0 Å². The number of hydrogen-bond donors (Lipinski definition) is 4. The van der Waals surface area contributed by atoms with Crippen molar-refractivity contribution in [2.24, 2.45) is 5.41 Å². The summed E-state index contributed by atoms with van der Waals surface area (Å²) in [6.45, 7) is 12.8. The van der Waals surface area contributed by atoms with Crippen LogP contribution in [0.15, 0.2) is 0 Å². The summed E-state index contributed by atoms with van der Waals surface area (Å²) in [5.74, 6) is 0. The average molecular weight is 319 g/mol. The molecule has 0 aromatic carbocycles. The van der Waals surface area contributed by atoms with Gasteiger partial charge in [-0.05, 0) is 32.1 Å². The molecule has 0 unspecified atom stereocenters. The Morgan fingerprint density at radius 1 is 0.864 bits per heavy atom. The summed E-state index contributed by atoms with van der Waals surface area (Å²) in [7, 11) is 0. The lowest BCUT2D eigenvalue weighted by Gasteiger charge is -2.37. The van der Waals surface area contributed by atoms with E-state index in [1.165, 1.54) is 4.90 Å². The molecule has 0 spiro atoms. The molecule has 134 valence electrons. The highest BCUT2D eigenvalue weighted by atomic mass is 16.3. The zero-order valence-electron chi connectivity index (χ0n) is 15.1. The molecule has 0 bridgehead atoms. The third-order valence-corrected chi connectivity index (χ3v) is 4.21. The van der Waals surface area contributed by atoms with Crippen molar-refractivity contribution >= 4 is 0 Å². The minimum Gasteiger partial charge on any atom is -0.381 e. The molecule has 0 saturated heterocycles. The first-order valence-electron chi connectivity index (χ1n) is 8.22. The van der Waals surface area contributed by atoms with Gasteiger partial charge in [0, 0.05) is 18.6 Å². The van der Waals surface area contributed by atoms with Crippen LogP contribution in [-0.2, 0) is 0 Å². The number of aliphatic hydroxyl groups excluding tert-OH is 3. The third kappa shape index (κ3) is 9.71. The number of nitrogens with one attached hydrogen (secondary N) is 1. The molecule has 0 aromatic rings. The maximum atomic E-state index is 9.45. The lowest BCUT2D eigenvalue weighted by molar-refractivity contribution is 0.0224. The molecule has 0 aliphatic rings. The Morgan fingerprint density at radius 2 is 1.36 bits per heavy atom. The van der Waals surface area contributed by atoms with Crippen LogP contribution >= 0.6 is 0 Å². The van der Waals surface area contributed by atoms with Crippen LogP contribution in [0.1, 0.15) is 53.9 Å². The molecule has 0 atom stereocenters. The van der Waals surface area contributed by atoms with Crippen LogP contribution < -0.4 is 5.32 Å². The van der Waals surface area contributed by atoms with Crippen molar-refractivity contribution in [3.63, 3.8) is 0 Å². The molecule has 0 radical (unpaired) electrons. The summed E-state index contributed by atoms with van der Waals surface area (Å²) in [6, 6.07) is 0. The molecule has 0 amide bonds. The molecule has 0 aromatic heterocycles. The van der Waals surface area contributed by atoms with E-state index in [0.29, 0.717) is 25.2 Å². The molecule has 6 nitrogen and oxygen atoms in total. The molecule has 4 N–H and O–H groups in total. The van der Waals surface area contributed by atoms with Crippen molar-refractivity contribution in [1.29, 1.82) is 0 Å². The Balaban J connectivity index is 4.17. The van der Waals surface area contributed by atoms with Crippen LogP contribution in [-0.4, -0.2) is 70.6 Å². The Kier molecular flexibility index (Phi) is 10.4. The van der Waals surface area contributed by atoms with Crippen molar-refractivity contribution < 1.29 is 15.3 Å². The van der Waals surface area contributed by atoms with Crippen LogP contribution in [0.3, 0.4) is 0 Å². The molecule has 0 aliphatic carbocycles. The molecular formula is C16H37N3O3. The van der Waals surface area contributed by atoms with Gasteiger partial charge in [-0.1, -0.05) is 27.2 Å². The first-order valence-corrected chi connectivity index (χ1v) is 8.22. The number of aliphatic hydroxyl groups is 3. The second-order valence-corrected chi connectivity index (χ2v) is 7.48. The number of nitrogens with zero attached hydrogens (tertiary/aromatic N) is 2. The maximum absolute atomic E-state index is 9.45. The van der Waals surface area contributed by atoms with Crippen LogP contribution in [0.25, 0.3) is 0 Å². The van der Waals surface area contributed by atoms with E-state index in [4.69, 9.17) is 10.2 Å². The van der Waals surface area contributed by atoms with Gasteiger partial charge in [-0.25, -0.2) is 0 Å². The predicted molar refractivity (Wildman–Crippen MR) is 90.1 cm³/mol. The topological polar surface area (TPSA) is 79.2 Å². The summed E-state index contributed by atoms with van der Waals surface area (Å²) >= 11 is 0. The van der Waals surface area contributed by atoms with E-state index < -0.39 is 0 Å². The minimum atomic E-state index is -0.146. The largest absolute Gasteiger partial charge is 0.381 e. The molecule has 0 fully saturated rings. The van der Waals surface area contributed by atoms with Crippen LogP contribution in [0.5, 0.6) is 0 Å². The fourth-order valence-corrected chi connectivity index (χ4v) is 2.61. The van der Waals surface area contributed by atoms with Gasteiger partial charge in [-0.3, -0.25) is 15.1 Å². The van der Waals surface area contributed by atoms with Gasteiger partial charge in [0.25, 0.3) is 0 Å². The Morgan fingerprint density at radius 3 is 1.82 bits per heavy atom. The van der Waals surface area contributed by atoms with E-state index >= 15 is 0 Å². The van der Waals surface area contributed by atoms with Crippen molar-refractivity contribution in [3.05, 3.63) is 0 Å². The van der Waals surface area contributed by atoms with Gasteiger partial charge >= 0.3 is 0 Å². The smallest absolute Gasteiger partial charge is 0.0974 e. The molecule has 6 heteroatoms. The Bertz CT molecular complexity index is 282. The average Bonchev–Trinajstić information content (AvgIpc) is 2.45. The summed E-state index contributed by atoms with van der Waals surface area (Å²) in [6.07, 6.45) is 2.99. The van der Waals surface area contributed by atoms with Gasteiger partial charge in [-0.2, -0.15) is 0 Å². The molecular weight excluding hydrogens is 282 g/mol. The van der Waals surface area contributed by atoms with Crippen LogP contribution in [0, 0.1) is 5.41 Å². The molecule has 0 saturated carbocycles. The first-order chi connectivity index (χ1) is 10.2. The highest BCUT2D eigenvalue weighted by Crippen LogP contribution is 2.30. The first kappa shape index (κ1) is 21.8. The summed E-state index contributed by atoms with van der Waals surface area (Å²) in [5, 5.41) is 30.9. The molecule has 0 aliphatic heterocycles. The molecule has 0 rings (SSSR count). The standard InChI is InChI=1S/C16H37N3O3/c1-6-15(2,3)10-16(4,5)17-11-18(12-20)8-7-9-19(13-21)14-22/h17,20-22H,6-14H2,1-5H3. The van der Waals surface area contributed by atoms with E-state index in [-0.39, 0.29) is 25.7 Å².